The molecule has 5 N–H and O–H groups in total. The summed E-state index contributed by atoms with van der Waals surface area (Å²) in [5.74, 6) is -0.751. The van der Waals surface area contributed by atoms with E-state index in [2.05, 4.69) is 31.5 Å². The first-order valence-electron chi connectivity index (χ1n) is 7.68. The Labute approximate surface area is 144 Å². The number of H-pyrrole nitrogens is 1. The summed E-state index contributed by atoms with van der Waals surface area (Å²) >= 11 is 0. The second kappa shape index (κ2) is 8.48. The number of nitrogens with zero attached hydrogens (tertiary/aromatic N) is 1. The van der Waals surface area contributed by atoms with Crippen molar-refractivity contribution < 1.29 is 14.4 Å². The Balaban J connectivity index is 1.81. The largest absolute Gasteiger partial charge is 0.343 e. The molecule has 25 heavy (non-hydrogen) atoms. The van der Waals surface area contributed by atoms with Gasteiger partial charge < -0.3 is 21.3 Å². The molecule has 2 aromatic rings. The predicted molar refractivity (Wildman–Crippen MR) is 93.3 cm³/mol. The third kappa shape index (κ3) is 5.98. The van der Waals surface area contributed by atoms with Crippen molar-refractivity contribution in [1.29, 1.82) is 0 Å². The lowest BCUT2D eigenvalue weighted by atomic mass is 10.2. The molecule has 0 radical (unpaired) electrons. The quantitative estimate of drug-likeness (QED) is 0.541. The summed E-state index contributed by atoms with van der Waals surface area (Å²) in [6.45, 7) is 3.55. The number of urea groups is 1. The zero-order valence-corrected chi connectivity index (χ0v) is 13.9. The molecule has 1 aromatic heterocycles. The zero-order chi connectivity index (χ0) is 18.2. The number of carbonyl (C=O) groups is 3. The highest BCUT2D eigenvalue weighted by Gasteiger charge is 2.09. The third-order valence-corrected chi connectivity index (χ3v) is 3.02. The van der Waals surface area contributed by atoms with Crippen molar-refractivity contribution in [3.8, 4) is 0 Å². The van der Waals surface area contributed by atoms with Crippen LogP contribution in [0.2, 0.25) is 0 Å². The summed E-state index contributed by atoms with van der Waals surface area (Å²) in [6.07, 6.45) is 2.99. The Bertz CT molecular complexity index is 725. The maximum Gasteiger partial charge on any atom is 0.319 e. The first-order valence-corrected chi connectivity index (χ1v) is 7.68. The number of aromatic amines is 1. The number of carbonyl (C=O) groups excluding carboxylic acids is 3. The van der Waals surface area contributed by atoms with Crippen LogP contribution in [0.4, 0.5) is 16.2 Å². The fourth-order valence-corrected chi connectivity index (χ4v) is 1.92. The van der Waals surface area contributed by atoms with Gasteiger partial charge in [0.15, 0.2) is 0 Å². The van der Waals surface area contributed by atoms with Crippen LogP contribution in [0.3, 0.4) is 0 Å². The lowest BCUT2D eigenvalue weighted by Crippen LogP contribution is -2.34. The molecule has 9 heteroatoms. The van der Waals surface area contributed by atoms with E-state index in [1.54, 1.807) is 24.3 Å². The average molecular weight is 344 g/mol. The van der Waals surface area contributed by atoms with E-state index in [0.29, 0.717) is 16.9 Å². The van der Waals surface area contributed by atoms with Gasteiger partial charge in [0.05, 0.1) is 18.4 Å². The Hall–Kier alpha value is -3.36. The molecule has 4 amide bonds. The van der Waals surface area contributed by atoms with Crippen LogP contribution in [0.5, 0.6) is 0 Å². The standard InChI is InChI=1S/C16H20N6O3/c1-10(2)20-16(25)22-12-5-3-11(4-6-12)15(24)17-9-14(23)21-13-7-18-19-8-13/h3-8,10H,9H2,1-2H3,(H,17,24)(H,18,19)(H,21,23)(H2,20,22,25). The number of hydrogen-bond donors (Lipinski definition) is 5. The van der Waals surface area contributed by atoms with E-state index in [1.165, 1.54) is 12.4 Å². The number of aromatic nitrogens is 2. The summed E-state index contributed by atoms with van der Waals surface area (Å²) in [5.41, 5.74) is 1.47. The van der Waals surface area contributed by atoms with Gasteiger partial charge >= 0.3 is 6.03 Å². The van der Waals surface area contributed by atoms with E-state index in [4.69, 9.17) is 0 Å². The van der Waals surface area contributed by atoms with Crippen molar-refractivity contribution in [3.63, 3.8) is 0 Å². The third-order valence-electron chi connectivity index (χ3n) is 3.02. The Morgan fingerprint density at radius 1 is 1.08 bits per heavy atom. The van der Waals surface area contributed by atoms with Crippen LogP contribution in [-0.4, -0.2) is 40.6 Å². The summed E-state index contributed by atoms with van der Waals surface area (Å²) in [6, 6.07) is 6.06. The molecular formula is C16H20N6O3. The van der Waals surface area contributed by atoms with Crippen molar-refractivity contribution in [1.82, 2.24) is 20.8 Å². The molecule has 0 fully saturated rings. The molecule has 0 saturated heterocycles. The number of benzene rings is 1. The minimum atomic E-state index is -0.388. The maximum atomic E-state index is 12.0. The molecule has 1 aromatic carbocycles. The van der Waals surface area contributed by atoms with Gasteiger partial charge in [0.1, 0.15) is 0 Å². The fraction of sp³-hybridized carbons (Fsp3) is 0.250. The van der Waals surface area contributed by atoms with Crippen molar-refractivity contribution in [2.75, 3.05) is 17.2 Å². The Kier molecular flexibility index (Phi) is 6.10. The maximum absolute atomic E-state index is 12.0. The molecule has 1 heterocycles. The van der Waals surface area contributed by atoms with Crippen molar-refractivity contribution in [2.24, 2.45) is 0 Å². The molecule has 2 rings (SSSR count). The van der Waals surface area contributed by atoms with Crippen molar-refractivity contribution >= 4 is 29.2 Å². The van der Waals surface area contributed by atoms with E-state index in [0.717, 1.165) is 0 Å². The summed E-state index contributed by atoms with van der Waals surface area (Å²) in [5, 5.41) is 16.7. The van der Waals surface area contributed by atoms with Gasteiger partial charge in [-0.3, -0.25) is 14.7 Å². The van der Waals surface area contributed by atoms with E-state index < -0.39 is 0 Å². The molecule has 0 atom stereocenters. The van der Waals surface area contributed by atoms with Crippen LogP contribution in [0.15, 0.2) is 36.7 Å². The van der Waals surface area contributed by atoms with Gasteiger partial charge in [-0.15, -0.1) is 0 Å². The molecule has 9 nitrogen and oxygen atoms in total. The lowest BCUT2D eigenvalue weighted by Gasteiger charge is -2.10. The highest BCUT2D eigenvalue weighted by atomic mass is 16.2. The highest BCUT2D eigenvalue weighted by Crippen LogP contribution is 2.09. The van der Waals surface area contributed by atoms with Gasteiger partial charge in [-0.05, 0) is 38.1 Å². The first-order chi connectivity index (χ1) is 11.9. The number of rotatable bonds is 6. The van der Waals surface area contributed by atoms with Gasteiger partial charge in [-0.25, -0.2) is 4.79 Å². The second-order valence-corrected chi connectivity index (χ2v) is 5.55. The number of amides is 4. The highest BCUT2D eigenvalue weighted by molar-refractivity contribution is 5.99. The smallest absolute Gasteiger partial charge is 0.319 e. The van der Waals surface area contributed by atoms with Crippen molar-refractivity contribution in [3.05, 3.63) is 42.2 Å². The van der Waals surface area contributed by atoms with E-state index in [1.807, 2.05) is 13.8 Å². The van der Waals surface area contributed by atoms with Crippen molar-refractivity contribution in [2.45, 2.75) is 19.9 Å². The molecule has 0 saturated carbocycles. The van der Waals surface area contributed by atoms with Crippen LogP contribution in [0.1, 0.15) is 24.2 Å². The molecular weight excluding hydrogens is 324 g/mol. The fourth-order valence-electron chi connectivity index (χ4n) is 1.92. The van der Waals surface area contributed by atoms with Gasteiger partial charge in [-0.2, -0.15) is 5.10 Å². The minimum absolute atomic E-state index is 0.0262. The normalized spacial score (nSPS) is 10.2. The summed E-state index contributed by atoms with van der Waals surface area (Å²) in [7, 11) is 0. The molecule has 0 unspecified atom stereocenters. The van der Waals surface area contributed by atoms with Crippen LogP contribution in [0, 0.1) is 0 Å². The minimum Gasteiger partial charge on any atom is -0.343 e. The van der Waals surface area contributed by atoms with E-state index >= 15 is 0 Å². The zero-order valence-electron chi connectivity index (χ0n) is 13.9. The monoisotopic (exact) mass is 344 g/mol. The summed E-state index contributed by atoms with van der Waals surface area (Å²) < 4.78 is 0. The predicted octanol–water partition coefficient (Wildman–Crippen LogP) is 1.31. The molecule has 0 spiro atoms. The van der Waals surface area contributed by atoms with Crippen LogP contribution >= 0.6 is 0 Å². The van der Waals surface area contributed by atoms with Gasteiger partial charge in [0.25, 0.3) is 5.91 Å². The van der Waals surface area contributed by atoms with Crippen LogP contribution in [-0.2, 0) is 4.79 Å². The number of anilines is 2. The molecule has 0 aliphatic carbocycles. The average Bonchev–Trinajstić information content (AvgIpc) is 3.05. The van der Waals surface area contributed by atoms with Gasteiger partial charge in [-0.1, -0.05) is 0 Å². The summed E-state index contributed by atoms with van der Waals surface area (Å²) in [4.78, 5) is 35.3. The number of nitrogens with one attached hydrogen (secondary N) is 5. The van der Waals surface area contributed by atoms with Gasteiger partial charge in [0.2, 0.25) is 5.91 Å². The van der Waals surface area contributed by atoms with Gasteiger partial charge in [0, 0.05) is 23.5 Å². The van der Waals surface area contributed by atoms with E-state index in [9.17, 15) is 14.4 Å². The number of hydrogen-bond acceptors (Lipinski definition) is 4. The molecule has 132 valence electrons. The first kappa shape index (κ1) is 18.0. The topological polar surface area (TPSA) is 128 Å². The Morgan fingerprint density at radius 3 is 2.40 bits per heavy atom. The lowest BCUT2D eigenvalue weighted by molar-refractivity contribution is -0.115. The van der Waals surface area contributed by atoms with Crippen LogP contribution in [0.25, 0.3) is 0 Å². The molecule has 0 aliphatic rings. The molecule has 0 bridgehead atoms. The molecule has 0 aliphatic heterocycles. The Morgan fingerprint density at radius 2 is 1.80 bits per heavy atom. The second-order valence-electron chi connectivity index (χ2n) is 5.55. The van der Waals surface area contributed by atoms with Crippen LogP contribution < -0.4 is 21.3 Å². The van der Waals surface area contributed by atoms with E-state index in [-0.39, 0.29) is 30.4 Å². The SMILES string of the molecule is CC(C)NC(=O)Nc1ccc(C(=O)NCC(=O)Nc2cn[nH]c2)cc1.